The zero-order valence-corrected chi connectivity index (χ0v) is 13.3. The number of halogens is 2. The molecular formula is C11H20Br2O3. The van der Waals surface area contributed by atoms with E-state index in [1.807, 2.05) is 0 Å². The first-order valence-corrected chi connectivity index (χ1v) is 7.49. The summed E-state index contributed by atoms with van der Waals surface area (Å²) >= 11 is 6.75. The molecule has 0 radical (unpaired) electrons. The summed E-state index contributed by atoms with van der Waals surface area (Å²) in [5, 5.41) is 0.786. The lowest BCUT2D eigenvalue weighted by atomic mass is 10.1. The van der Waals surface area contributed by atoms with Crippen LogP contribution < -0.4 is 0 Å². The maximum absolute atomic E-state index is 11.7. The van der Waals surface area contributed by atoms with Gasteiger partial charge in [-0.2, -0.15) is 0 Å². The largest absolute Gasteiger partial charge is 0.464 e. The van der Waals surface area contributed by atoms with Gasteiger partial charge in [0.2, 0.25) is 0 Å². The molecule has 0 rings (SSSR count). The molecule has 16 heavy (non-hydrogen) atoms. The second-order valence-electron chi connectivity index (χ2n) is 4.06. The van der Waals surface area contributed by atoms with E-state index in [0.29, 0.717) is 13.2 Å². The minimum absolute atomic E-state index is 0.204. The molecule has 3 nitrogen and oxygen atoms in total. The van der Waals surface area contributed by atoms with Crippen LogP contribution in [-0.4, -0.2) is 34.9 Å². The summed E-state index contributed by atoms with van der Waals surface area (Å²) in [5.74, 6) is -0.296. The molecule has 0 saturated carbocycles. The maximum atomic E-state index is 11.7. The van der Waals surface area contributed by atoms with Crippen LogP contribution >= 0.6 is 31.9 Å². The zero-order valence-electron chi connectivity index (χ0n) is 10.1. The van der Waals surface area contributed by atoms with Crippen LogP contribution in [0, 0.1) is 0 Å². The number of rotatable bonds is 8. The summed E-state index contributed by atoms with van der Waals surface area (Å²) in [6.07, 6.45) is 1.91. The summed E-state index contributed by atoms with van der Waals surface area (Å²) in [7, 11) is 0. The minimum Gasteiger partial charge on any atom is -0.464 e. The Balaban J connectivity index is 3.95. The molecule has 0 aromatic carbocycles. The molecule has 0 amide bonds. The van der Waals surface area contributed by atoms with Crippen LogP contribution in [0.5, 0.6) is 0 Å². The van der Waals surface area contributed by atoms with E-state index in [9.17, 15) is 4.79 Å². The highest BCUT2D eigenvalue weighted by molar-refractivity contribution is 9.12. The van der Waals surface area contributed by atoms with Gasteiger partial charge in [0.05, 0.1) is 13.2 Å². The van der Waals surface area contributed by atoms with E-state index >= 15 is 0 Å². The van der Waals surface area contributed by atoms with E-state index in [0.717, 1.165) is 18.2 Å². The van der Waals surface area contributed by atoms with Gasteiger partial charge in [0.15, 0.2) is 5.60 Å². The van der Waals surface area contributed by atoms with Crippen LogP contribution in [-0.2, 0) is 14.3 Å². The first-order chi connectivity index (χ1) is 7.44. The highest BCUT2D eigenvalue weighted by Gasteiger charge is 2.30. The lowest BCUT2D eigenvalue weighted by Gasteiger charge is -2.24. The lowest BCUT2D eigenvalue weighted by Crippen LogP contribution is -2.38. The molecule has 96 valence electrons. The van der Waals surface area contributed by atoms with E-state index in [2.05, 4.69) is 38.8 Å². The predicted molar refractivity (Wildman–Crippen MR) is 72.4 cm³/mol. The van der Waals surface area contributed by atoms with Crippen LogP contribution in [0.3, 0.4) is 0 Å². The summed E-state index contributed by atoms with van der Waals surface area (Å²) in [6.45, 7) is 6.46. The second kappa shape index (κ2) is 8.48. The first kappa shape index (κ1) is 16.4. The Labute approximate surface area is 115 Å². The Morgan fingerprint density at radius 1 is 1.44 bits per heavy atom. The van der Waals surface area contributed by atoms with Crippen LogP contribution in [0.4, 0.5) is 0 Å². The van der Waals surface area contributed by atoms with E-state index in [1.54, 1.807) is 13.8 Å². The third-order valence-electron chi connectivity index (χ3n) is 2.02. The monoisotopic (exact) mass is 358 g/mol. The van der Waals surface area contributed by atoms with Gasteiger partial charge in [-0.25, -0.2) is 4.79 Å². The standard InChI is InChI=1S/C11H20Br2O3/c1-4-5-6-15-10(14)11(2,3)16-8-9(13)7-12/h9H,4-8H2,1-3H3. The number of carbonyl (C=O) groups is 1. The topological polar surface area (TPSA) is 35.5 Å². The summed E-state index contributed by atoms with van der Waals surface area (Å²) < 4.78 is 10.6. The number of hydrogen-bond acceptors (Lipinski definition) is 3. The fourth-order valence-corrected chi connectivity index (χ4v) is 1.20. The molecule has 0 aliphatic rings. The molecule has 5 heteroatoms. The zero-order chi connectivity index (χ0) is 12.6. The molecule has 0 saturated heterocycles. The number of unbranched alkanes of at least 4 members (excludes halogenated alkanes) is 1. The predicted octanol–water partition coefficient (Wildman–Crippen LogP) is 3.28. The van der Waals surface area contributed by atoms with Crippen molar-refractivity contribution in [3.8, 4) is 0 Å². The summed E-state index contributed by atoms with van der Waals surface area (Å²) in [5.41, 5.74) is -0.873. The van der Waals surface area contributed by atoms with Gasteiger partial charge in [-0.3, -0.25) is 0 Å². The molecular weight excluding hydrogens is 340 g/mol. The lowest BCUT2D eigenvalue weighted by molar-refractivity contribution is -0.168. The number of ether oxygens (including phenoxy) is 2. The van der Waals surface area contributed by atoms with Gasteiger partial charge in [-0.05, 0) is 20.3 Å². The summed E-state index contributed by atoms with van der Waals surface area (Å²) in [4.78, 5) is 11.9. The Morgan fingerprint density at radius 3 is 2.56 bits per heavy atom. The fraction of sp³-hybridized carbons (Fsp3) is 0.909. The molecule has 0 N–H and O–H groups in total. The summed E-state index contributed by atoms with van der Waals surface area (Å²) in [6, 6.07) is 0. The fourth-order valence-electron chi connectivity index (χ4n) is 0.885. The van der Waals surface area contributed by atoms with Crippen molar-refractivity contribution in [1.82, 2.24) is 0 Å². The van der Waals surface area contributed by atoms with E-state index in [1.165, 1.54) is 0 Å². The second-order valence-corrected chi connectivity index (χ2v) is 6.00. The van der Waals surface area contributed by atoms with Crippen LogP contribution in [0.2, 0.25) is 0 Å². The van der Waals surface area contributed by atoms with Crippen LogP contribution in [0.25, 0.3) is 0 Å². The van der Waals surface area contributed by atoms with Crippen molar-refractivity contribution in [3.05, 3.63) is 0 Å². The van der Waals surface area contributed by atoms with Gasteiger partial charge in [0, 0.05) is 10.2 Å². The van der Waals surface area contributed by atoms with Crippen molar-refractivity contribution < 1.29 is 14.3 Å². The number of carbonyl (C=O) groups excluding carboxylic acids is 1. The number of hydrogen-bond donors (Lipinski definition) is 0. The molecule has 0 bridgehead atoms. The van der Waals surface area contributed by atoms with Crippen LogP contribution in [0.15, 0.2) is 0 Å². The highest BCUT2D eigenvalue weighted by atomic mass is 79.9. The molecule has 0 aromatic heterocycles. The van der Waals surface area contributed by atoms with Gasteiger partial charge in [0.1, 0.15) is 0 Å². The Hall–Kier alpha value is 0.390. The molecule has 0 heterocycles. The molecule has 1 atom stereocenters. The van der Waals surface area contributed by atoms with E-state index in [-0.39, 0.29) is 10.8 Å². The number of alkyl halides is 2. The maximum Gasteiger partial charge on any atom is 0.337 e. The average molecular weight is 360 g/mol. The molecule has 0 aromatic rings. The van der Waals surface area contributed by atoms with Gasteiger partial charge in [-0.1, -0.05) is 45.2 Å². The van der Waals surface area contributed by atoms with Crippen molar-refractivity contribution in [1.29, 1.82) is 0 Å². The molecule has 0 aliphatic carbocycles. The Bertz CT molecular complexity index is 207. The van der Waals surface area contributed by atoms with Crippen molar-refractivity contribution in [2.24, 2.45) is 0 Å². The highest BCUT2D eigenvalue weighted by Crippen LogP contribution is 2.15. The quantitative estimate of drug-likeness (QED) is 0.379. The Morgan fingerprint density at radius 2 is 2.06 bits per heavy atom. The van der Waals surface area contributed by atoms with Gasteiger partial charge >= 0.3 is 5.97 Å². The van der Waals surface area contributed by atoms with Crippen molar-refractivity contribution >= 4 is 37.8 Å². The van der Waals surface area contributed by atoms with Gasteiger partial charge in [0.25, 0.3) is 0 Å². The molecule has 1 unspecified atom stereocenters. The van der Waals surface area contributed by atoms with E-state index < -0.39 is 5.60 Å². The van der Waals surface area contributed by atoms with Gasteiger partial charge < -0.3 is 9.47 Å². The third kappa shape index (κ3) is 6.86. The smallest absolute Gasteiger partial charge is 0.337 e. The van der Waals surface area contributed by atoms with Gasteiger partial charge in [-0.15, -0.1) is 0 Å². The average Bonchev–Trinajstić information content (AvgIpc) is 2.26. The first-order valence-electron chi connectivity index (χ1n) is 5.45. The number of esters is 1. The molecule has 0 fully saturated rings. The van der Waals surface area contributed by atoms with E-state index in [4.69, 9.17) is 9.47 Å². The molecule has 0 aliphatic heterocycles. The molecule has 0 spiro atoms. The van der Waals surface area contributed by atoms with Crippen LogP contribution in [0.1, 0.15) is 33.6 Å². The van der Waals surface area contributed by atoms with Crippen molar-refractivity contribution in [3.63, 3.8) is 0 Å². The minimum atomic E-state index is -0.873. The SMILES string of the molecule is CCCCOC(=O)C(C)(C)OCC(Br)CBr. The Kier molecular flexibility index (Phi) is 8.68. The van der Waals surface area contributed by atoms with Crippen molar-refractivity contribution in [2.75, 3.05) is 18.5 Å². The normalized spacial score (nSPS) is 13.6. The third-order valence-corrected chi connectivity index (χ3v) is 4.25. The van der Waals surface area contributed by atoms with Crippen molar-refractivity contribution in [2.45, 2.75) is 44.0 Å².